The number of thiophene rings is 1. The van der Waals surface area contributed by atoms with Gasteiger partial charge in [-0.05, 0) is 40.6 Å². The molecule has 0 aliphatic carbocycles. The summed E-state index contributed by atoms with van der Waals surface area (Å²) in [6, 6.07) is 13.8. The fourth-order valence-corrected chi connectivity index (χ4v) is 3.37. The number of hydrogen-bond donors (Lipinski definition) is 1. The molecule has 1 N–H and O–H groups in total. The summed E-state index contributed by atoms with van der Waals surface area (Å²) < 4.78 is 5.14. The van der Waals surface area contributed by atoms with Crippen molar-refractivity contribution in [1.82, 2.24) is 4.90 Å². The molecule has 3 rings (SSSR count). The van der Waals surface area contributed by atoms with Crippen molar-refractivity contribution < 1.29 is 9.21 Å². The van der Waals surface area contributed by atoms with Crippen molar-refractivity contribution in [3.8, 4) is 0 Å². The lowest BCUT2D eigenvalue weighted by molar-refractivity contribution is 0.207. The van der Waals surface area contributed by atoms with Crippen LogP contribution in [0.1, 0.15) is 36.8 Å². The van der Waals surface area contributed by atoms with Crippen LogP contribution in [-0.4, -0.2) is 10.9 Å². The van der Waals surface area contributed by atoms with Crippen LogP contribution in [0.5, 0.6) is 0 Å². The average Bonchev–Trinajstić information content (AvgIpc) is 3.28. The van der Waals surface area contributed by atoms with Crippen LogP contribution >= 0.6 is 11.3 Å². The molecule has 0 unspecified atom stereocenters. The first-order chi connectivity index (χ1) is 12.4. The summed E-state index contributed by atoms with van der Waals surface area (Å²) in [6.07, 6.45) is 3.30. The summed E-state index contributed by atoms with van der Waals surface area (Å²) in [6.45, 7) is 7.59. The molecule has 2 amide bonds. The Morgan fingerprint density at radius 1 is 1.12 bits per heavy atom. The third kappa shape index (κ3) is 4.76. The van der Waals surface area contributed by atoms with Crippen LogP contribution in [-0.2, 0) is 18.5 Å². The molecule has 0 aliphatic heterocycles. The highest BCUT2D eigenvalue weighted by Gasteiger charge is 2.17. The highest BCUT2D eigenvalue weighted by Crippen LogP contribution is 2.24. The zero-order valence-corrected chi connectivity index (χ0v) is 16.2. The minimum atomic E-state index is -0.122. The van der Waals surface area contributed by atoms with Crippen molar-refractivity contribution in [1.29, 1.82) is 0 Å². The first kappa shape index (κ1) is 18.3. The molecule has 26 heavy (non-hydrogen) atoms. The molecule has 136 valence electrons. The highest BCUT2D eigenvalue weighted by molar-refractivity contribution is 7.09. The Labute approximate surface area is 158 Å². The Morgan fingerprint density at radius 2 is 1.88 bits per heavy atom. The predicted molar refractivity (Wildman–Crippen MR) is 106 cm³/mol. The van der Waals surface area contributed by atoms with E-state index in [1.807, 2.05) is 35.7 Å². The van der Waals surface area contributed by atoms with Crippen LogP contribution < -0.4 is 5.32 Å². The SMILES string of the molecule is CC(C)(C)c1ccc(NC(=O)N(Cc2ccoc2)Cc2cccs2)cc1. The molecule has 3 aromatic rings. The molecule has 0 fully saturated rings. The maximum Gasteiger partial charge on any atom is 0.322 e. The first-order valence-electron chi connectivity index (χ1n) is 8.62. The molecular weight excluding hydrogens is 344 g/mol. The lowest BCUT2D eigenvalue weighted by Gasteiger charge is -2.23. The van der Waals surface area contributed by atoms with Gasteiger partial charge in [-0.3, -0.25) is 0 Å². The van der Waals surface area contributed by atoms with Gasteiger partial charge in [0.25, 0.3) is 0 Å². The second kappa shape index (κ2) is 7.79. The zero-order chi connectivity index (χ0) is 18.6. The molecule has 5 heteroatoms. The van der Waals surface area contributed by atoms with Gasteiger partial charge in [0.1, 0.15) is 0 Å². The Balaban J connectivity index is 1.72. The van der Waals surface area contributed by atoms with Crippen LogP contribution in [0, 0.1) is 0 Å². The lowest BCUT2D eigenvalue weighted by atomic mass is 9.87. The molecule has 0 spiro atoms. The summed E-state index contributed by atoms with van der Waals surface area (Å²) in [5.74, 6) is 0. The Kier molecular flexibility index (Phi) is 5.47. The number of nitrogens with zero attached hydrogens (tertiary/aromatic N) is 1. The number of carbonyl (C=O) groups is 1. The number of rotatable bonds is 5. The number of benzene rings is 1. The molecule has 1 aromatic carbocycles. The molecule has 0 atom stereocenters. The van der Waals surface area contributed by atoms with Crippen molar-refractivity contribution >= 4 is 23.1 Å². The Hall–Kier alpha value is -2.53. The van der Waals surface area contributed by atoms with Gasteiger partial charge in [-0.2, -0.15) is 0 Å². The van der Waals surface area contributed by atoms with E-state index in [2.05, 4.69) is 38.2 Å². The molecule has 0 saturated carbocycles. The van der Waals surface area contributed by atoms with Crippen LogP contribution in [0.4, 0.5) is 10.5 Å². The van der Waals surface area contributed by atoms with Crippen LogP contribution in [0.15, 0.2) is 64.8 Å². The Morgan fingerprint density at radius 3 is 2.46 bits per heavy atom. The minimum Gasteiger partial charge on any atom is -0.472 e. The number of amides is 2. The summed E-state index contributed by atoms with van der Waals surface area (Å²) >= 11 is 1.65. The third-order valence-electron chi connectivity index (χ3n) is 4.17. The Bertz CT molecular complexity index is 780. The van der Waals surface area contributed by atoms with Crippen molar-refractivity contribution in [2.75, 3.05) is 5.32 Å². The lowest BCUT2D eigenvalue weighted by Crippen LogP contribution is -2.33. The molecule has 0 radical (unpaired) electrons. The molecular formula is C21H24N2O2S. The maximum atomic E-state index is 12.8. The van der Waals surface area contributed by atoms with E-state index in [1.165, 1.54) is 5.56 Å². The van der Waals surface area contributed by atoms with E-state index in [0.717, 1.165) is 16.1 Å². The van der Waals surface area contributed by atoms with Gasteiger partial charge in [-0.15, -0.1) is 11.3 Å². The average molecular weight is 369 g/mol. The first-order valence-corrected chi connectivity index (χ1v) is 9.50. The van der Waals surface area contributed by atoms with Gasteiger partial charge >= 0.3 is 6.03 Å². The number of furan rings is 1. The standard InChI is InChI=1S/C21H24N2O2S/c1-21(2,3)17-6-8-18(9-7-17)22-20(24)23(13-16-10-11-25-15-16)14-19-5-4-12-26-19/h4-12,15H,13-14H2,1-3H3,(H,22,24). The van der Waals surface area contributed by atoms with Gasteiger partial charge in [0.05, 0.1) is 25.6 Å². The number of hydrogen-bond acceptors (Lipinski definition) is 3. The van der Waals surface area contributed by atoms with Crippen molar-refractivity contribution in [3.63, 3.8) is 0 Å². The molecule has 0 saturated heterocycles. The number of carbonyl (C=O) groups excluding carboxylic acids is 1. The van der Waals surface area contributed by atoms with E-state index in [9.17, 15) is 4.79 Å². The molecule has 2 aromatic heterocycles. The monoisotopic (exact) mass is 368 g/mol. The minimum absolute atomic E-state index is 0.0923. The summed E-state index contributed by atoms with van der Waals surface area (Å²) in [5, 5.41) is 5.03. The largest absolute Gasteiger partial charge is 0.472 e. The topological polar surface area (TPSA) is 45.5 Å². The summed E-state index contributed by atoms with van der Waals surface area (Å²) in [7, 11) is 0. The van der Waals surface area contributed by atoms with Gasteiger partial charge in [0, 0.05) is 16.1 Å². The van der Waals surface area contributed by atoms with E-state index >= 15 is 0 Å². The fraction of sp³-hybridized carbons (Fsp3) is 0.286. The van der Waals surface area contributed by atoms with Gasteiger partial charge in [0.2, 0.25) is 0 Å². The molecule has 0 bridgehead atoms. The van der Waals surface area contributed by atoms with Gasteiger partial charge in [-0.25, -0.2) is 4.79 Å². The number of urea groups is 1. The van der Waals surface area contributed by atoms with Crippen LogP contribution in [0.2, 0.25) is 0 Å². The molecule has 2 heterocycles. The van der Waals surface area contributed by atoms with Crippen molar-refractivity contribution in [2.45, 2.75) is 39.3 Å². The van der Waals surface area contributed by atoms with E-state index < -0.39 is 0 Å². The fourth-order valence-electron chi connectivity index (χ4n) is 2.65. The third-order valence-corrected chi connectivity index (χ3v) is 5.03. The van der Waals surface area contributed by atoms with Gasteiger partial charge < -0.3 is 14.6 Å². The van der Waals surface area contributed by atoms with E-state index in [-0.39, 0.29) is 11.4 Å². The van der Waals surface area contributed by atoms with Gasteiger partial charge in [0.15, 0.2) is 0 Å². The second-order valence-corrected chi connectivity index (χ2v) is 8.36. The van der Waals surface area contributed by atoms with Crippen LogP contribution in [0.25, 0.3) is 0 Å². The maximum absolute atomic E-state index is 12.8. The second-order valence-electron chi connectivity index (χ2n) is 7.32. The van der Waals surface area contributed by atoms with E-state index in [0.29, 0.717) is 13.1 Å². The highest BCUT2D eigenvalue weighted by atomic mass is 32.1. The normalized spacial score (nSPS) is 11.3. The number of anilines is 1. The summed E-state index contributed by atoms with van der Waals surface area (Å²) in [4.78, 5) is 15.8. The summed E-state index contributed by atoms with van der Waals surface area (Å²) in [5.41, 5.74) is 3.10. The van der Waals surface area contributed by atoms with Gasteiger partial charge in [-0.1, -0.05) is 39.0 Å². The molecule has 0 aliphatic rings. The van der Waals surface area contributed by atoms with Crippen molar-refractivity contribution in [3.05, 3.63) is 76.4 Å². The molecule has 4 nitrogen and oxygen atoms in total. The van der Waals surface area contributed by atoms with Crippen molar-refractivity contribution in [2.24, 2.45) is 0 Å². The van der Waals surface area contributed by atoms with E-state index in [4.69, 9.17) is 4.42 Å². The van der Waals surface area contributed by atoms with E-state index in [1.54, 1.807) is 28.8 Å². The number of nitrogens with one attached hydrogen (secondary N) is 1. The van der Waals surface area contributed by atoms with Crippen LogP contribution in [0.3, 0.4) is 0 Å². The quantitative estimate of drug-likeness (QED) is 0.612. The zero-order valence-electron chi connectivity index (χ0n) is 15.4. The predicted octanol–water partition coefficient (Wildman–Crippen LogP) is 5.87. The smallest absolute Gasteiger partial charge is 0.322 e.